The number of esters is 1. The maximum Gasteiger partial charge on any atom is 0.340 e. The van der Waals surface area contributed by atoms with Gasteiger partial charge in [0, 0.05) is 13.0 Å². The Morgan fingerprint density at radius 3 is 2.70 bits per heavy atom. The first-order valence-corrected chi connectivity index (χ1v) is 5.85. The van der Waals surface area contributed by atoms with Gasteiger partial charge in [-0.3, -0.25) is 9.59 Å². The number of methoxy groups -OCH3 is 1. The van der Waals surface area contributed by atoms with Crippen molar-refractivity contribution >= 4 is 23.5 Å². The summed E-state index contributed by atoms with van der Waals surface area (Å²) < 4.78 is 17.8. The lowest BCUT2D eigenvalue weighted by Crippen LogP contribution is -2.27. The molecule has 1 heterocycles. The molecule has 106 valence electrons. The molecular weight excluding hydrogens is 269 g/mol. The zero-order valence-electron chi connectivity index (χ0n) is 10.6. The highest BCUT2D eigenvalue weighted by molar-refractivity contribution is 6.05. The first-order chi connectivity index (χ1) is 9.43. The van der Waals surface area contributed by atoms with Crippen LogP contribution in [0.5, 0.6) is 0 Å². The molecule has 1 aromatic carbocycles. The summed E-state index contributed by atoms with van der Waals surface area (Å²) in [6.45, 7) is -0.0518. The van der Waals surface area contributed by atoms with E-state index in [0.717, 1.165) is 19.2 Å². The second-order valence-electron chi connectivity index (χ2n) is 4.40. The Kier molecular flexibility index (Phi) is 3.69. The van der Waals surface area contributed by atoms with Gasteiger partial charge in [-0.1, -0.05) is 0 Å². The summed E-state index contributed by atoms with van der Waals surface area (Å²) in [6.07, 6.45) is -0.146. The number of carbonyl (C=O) groups is 3. The minimum absolute atomic E-state index is 0.0518. The standard InChI is InChI=1S/C13H12FNO5/c1-20-13(19)9-5-8(14)2-3-10(9)15-6-7(12(17)18)4-11(15)16/h2-3,5,7H,4,6H2,1H3,(H,17,18). The Morgan fingerprint density at radius 2 is 2.15 bits per heavy atom. The molecule has 7 heteroatoms. The molecule has 1 aliphatic rings. The number of nitrogens with zero attached hydrogens (tertiary/aromatic N) is 1. The predicted molar refractivity (Wildman–Crippen MR) is 65.8 cm³/mol. The highest BCUT2D eigenvalue weighted by Crippen LogP contribution is 2.29. The van der Waals surface area contributed by atoms with E-state index >= 15 is 0 Å². The minimum Gasteiger partial charge on any atom is -0.481 e. The van der Waals surface area contributed by atoms with Crippen molar-refractivity contribution in [2.75, 3.05) is 18.6 Å². The van der Waals surface area contributed by atoms with Crippen molar-refractivity contribution < 1.29 is 28.6 Å². The van der Waals surface area contributed by atoms with Gasteiger partial charge in [0.2, 0.25) is 5.91 Å². The van der Waals surface area contributed by atoms with Gasteiger partial charge in [0.25, 0.3) is 0 Å². The zero-order chi connectivity index (χ0) is 14.9. The van der Waals surface area contributed by atoms with Gasteiger partial charge < -0.3 is 14.7 Å². The number of ether oxygens (including phenoxy) is 1. The molecule has 2 rings (SSSR count). The Morgan fingerprint density at radius 1 is 1.45 bits per heavy atom. The number of benzene rings is 1. The molecule has 0 saturated carbocycles. The van der Waals surface area contributed by atoms with Crippen LogP contribution in [0.25, 0.3) is 0 Å². The fourth-order valence-electron chi connectivity index (χ4n) is 2.12. The largest absolute Gasteiger partial charge is 0.481 e. The number of carbonyl (C=O) groups excluding carboxylic acids is 2. The monoisotopic (exact) mass is 281 g/mol. The number of hydrogen-bond acceptors (Lipinski definition) is 4. The van der Waals surface area contributed by atoms with Crippen LogP contribution in [-0.2, 0) is 14.3 Å². The van der Waals surface area contributed by atoms with Gasteiger partial charge in [-0.25, -0.2) is 9.18 Å². The topological polar surface area (TPSA) is 83.9 Å². The Balaban J connectivity index is 2.40. The lowest BCUT2D eigenvalue weighted by Gasteiger charge is -2.19. The Bertz CT molecular complexity index is 586. The summed E-state index contributed by atoms with van der Waals surface area (Å²) in [5.41, 5.74) is 0.0545. The van der Waals surface area contributed by atoms with Crippen molar-refractivity contribution in [3.05, 3.63) is 29.6 Å². The van der Waals surface area contributed by atoms with Gasteiger partial charge in [0.05, 0.1) is 24.3 Å². The molecule has 0 radical (unpaired) electrons. The maximum absolute atomic E-state index is 13.2. The summed E-state index contributed by atoms with van der Waals surface area (Å²) in [6, 6.07) is 3.33. The van der Waals surface area contributed by atoms with Crippen molar-refractivity contribution in [3.8, 4) is 0 Å². The van der Waals surface area contributed by atoms with Gasteiger partial charge in [-0.2, -0.15) is 0 Å². The van der Waals surface area contributed by atoms with Crippen molar-refractivity contribution in [1.82, 2.24) is 0 Å². The molecule has 1 fully saturated rings. The molecule has 0 spiro atoms. The average molecular weight is 281 g/mol. The smallest absolute Gasteiger partial charge is 0.340 e. The van der Waals surface area contributed by atoms with Crippen LogP contribution in [0.1, 0.15) is 16.8 Å². The maximum atomic E-state index is 13.2. The van der Waals surface area contributed by atoms with Crippen LogP contribution in [-0.4, -0.2) is 36.6 Å². The predicted octanol–water partition coefficient (Wildman–Crippen LogP) is 1.05. The highest BCUT2D eigenvalue weighted by atomic mass is 19.1. The van der Waals surface area contributed by atoms with Crippen LogP contribution in [0.3, 0.4) is 0 Å². The van der Waals surface area contributed by atoms with Crippen LogP contribution >= 0.6 is 0 Å². The van der Waals surface area contributed by atoms with Crippen molar-refractivity contribution in [2.45, 2.75) is 6.42 Å². The van der Waals surface area contributed by atoms with E-state index in [4.69, 9.17) is 5.11 Å². The molecule has 0 aromatic heterocycles. The molecule has 0 bridgehead atoms. The van der Waals surface area contributed by atoms with Crippen LogP contribution in [0.4, 0.5) is 10.1 Å². The molecule has 0 aliphatic carbocycles. The van der Waals surface area contributed by atoms with Crippen LogP contribution in [0.2, 0.25) is 0 Å². The van der Waals surface area contributed by atoms with Gasteiger partial charge in [0.15, 0.2) is 0 Å². The third-order valence-corrected chi connectivity index (χ3v) is 3.13. The van der Waals surface area contributed by atoms with Crippen LogP contribution < -0.4 is 4.90 Å². The Labute approximate surface area is 113 Å². The van der Waals surface area contributed by atoms with Crippen molar-refractivity contribution in [2.24, 2.45) is 5.92 Å². The van der Waals surface area contributed by atoms with E-state index < -0.39 is 29.6 Å². The lowest BCUT2D eigenvalue weighted by atomic mass is 10.1. The number of carboxylic acids is 1. The van der Waals surface area contributed by atoms with Gasteiger partial charge in [-0.05, 0) is 18.2 Å². The number of hydrogen-bond donors (Lipinski definition) is 1. The van der Waals surface area contributed by atoms with Gasteiger partial charge >= 0.3 is 11.9 Å². The lowest BCUT2D eigenvalue weighted by molar-refractivity contribution is -0.141. The second kappa shape index (κ2) is 5.28. The summed E-state index contributed by atoms with van der Waals surface area (Å²) >= 11 is 0. The normalized spacial score (nSPS) is 18.2. The van der Waals surface area contributed by atoms with E-state index in [-0.39, 0.29) is 24.2 Å². The number of halogens is 1. The van der Waals surface area contributed by atoms with Crippen molar-refractivity contribution in [1.29, 1.82) is 0 Å². The van der Waals surface area contributed by atoms with Crippen LogP contribution in [0, 0.1) is 11.7 Å². The van der Waals surface area contributed by atoms with Crippen molar-refractivity contribution in [3.63, 3.8) is 0 Å². The molecule has 1 unspecified atom stereocenters. The van der Waals surface area contributed by atoms with E-state index in [1.54, 1.807) is 0 Å². The fraction of sp³-hybridized carbons (Fsp3) is 0.308. The van der Waals surface area contributed by atoms with E-state index in [1.165, 1.54) is 11.0 Å². The Hall–Kier alpha value is -2.44. The fourth-order valence-corrected chi connectivity index (χ4v) is 2.12. The molecule has 1 atom stereocenters. The minimum atomic E-state index is -1.08. The number of aliphatic carboxylic acids is 1. The molecule has 20 heavy (non-hydrogen) atoms. The van der Waals surface area contributed by atoms with E-state index in [0.29, 0.717) is 0 Å². The number of anilines is 1. The quantitative estimate of drug-likeness (QED) is 0.837. The molecule has 1 aromatic rings. The first-order valence-electron chi connectivity index (χ1n) is 5.85. The summed E-state index contributed by atoms with van der Waals surface area (Å²) in [5.74, 6) is -3.77. The highest BCUT2D eigenvalue weighted by Gasteiger charge is 2.36. The molecule has 1 N–H and O–H groups in total. The molecule has 1 aliphatic heterocycles. The van der Waals surface area contributed by atoms with Gasteiger partial charge in [0.1, 0.15) is 5.82 Å². The second-order valence-corrected chi connectivity index (χ2v) is 4.40. The third kappa shape index (κ3) is 2.47. The molecule has 6 nitrogen and oxygen atoms in total. The molecule has 1 amide bonds. The third-order valence-electron chi connectivity index (χ3n) is 3.13. The van der Waals surface area contributed by atoms with E-state index in [9.17, 15) is 18.8 Å². The zero-order valence-corrected chi connectivity index (χ0v) is 10.6. The number of amides is 1. The first kappa shape index (κ1) is 14.0. The van der Waals surface area contributed by atoms with E-state index in [2.05, 4.69) is 4.74 Å². The summed E-state index contributed by atoms with van der Waals surface area (Å²) in [4.78, 5) is 35.6. The molecule has 1 saturated heterocycles. The molecular formula is C13H12FNO5. The SMILES string of the molecule is COC(=O)c1cc(F)ccc1N1CC(C(=O)O)CC1=O. The van der Waals surface area contributed by atoms with Crippen LogP contribution in [0.15, 0.2) is 18.2 Å². The van der Waals surface area contributed by atoms with Gasteiger partial charge in [-0.15, -0.1) is 0 Å². The number of carboxylic acid groups (broad SMARTS) is 1. The summed E-state index contributed by atoms with van der Waals surface area (Å²) in [5, 5.41) is 8.93. The summed E-state index contributed by atoms with van der Waals surface area (Å²) in [7, 11) is 1.14. The van der Waals surface area contributed by atoms with E-state index in [1.807, 2.05) is 0 Å². The average Bonchev–Trinajstić information content (AvgIpc) is 2.80. The number of rotatable bonds is 3.